The molecule has 0 saturated heterocycles. The van der Waals surface area contributed by atoms with Crippen molar-refractivity contribution in [3.63, 3.8) is 0 Å². The molecular formula is C7H3F2N2S. The summed E-state index contributed by atoms with van der Waals surface area (Å²) < 4.78 is 23.9. The van der Waals surface area contributed by atoms with E-state index in [-0.39, 0.29) is 11.4 Å². The van der Waals surface area contributed by atoms with Gasteiger partial charge in [-0.25, -0.2) is 13.8 Å². The second kappa shape index (κ2) is 3.99. The van der Waals surface area contributed by atoms with Crippen LogP contribution in [0.4, 0.5) is 14.6 Å². The predicted octanol–water partition coefficient (Wildman–Crippen LogP) is 2.55. The van der Waals surface area contributed by atoms with Crippen LogP contribution in [0.3, 0.4) is 0 Å². The molecule has 0 atom stereocenters. The average molecular weight is 185 g/mol. The van der Waals surface area contributed by atoms with Crippen molar-refractivity contribution in [2.24, 2.45) is 4.99 Å². The van der Waals surface area contributed by atoms with Gasteiger partial charge < -0.3 is 0 Å². The van der Waals surface area contributed by atoms with Crippen LogP contribution in [-0.2, 0) is 0 Å². The topological polar surface area (TPSA) is 25.2 Å². The van der Waals surface area contributed by atoms with E-state index in [0.717, 1.165) is 12.3 Å². The van der Waals surface area contributed by atoms with Crippen LogP contribution >= 0.6 is 12.2 Å². The Bertz CT molecular complexity index is 304. The third-order valence-electron chi connectivity index (χ3n) is 1.11. The van der Waals surface area contributed by atoms with Crippen LogP contribution in [0, 0.1) is 6.07 Å². The molecule has 1 radical (unpaired) electrons. The maximum absolute atomic E-state index is 12.0. The fraction of sp³-hybridized carbons (Fsp3) is 0.143. The Labute approximate surface area is 73.0 Å². The van der Waals surface area contributed by atoms with E-state index in [2.05, 4.69) is 33.4 Å². The fourth-order valence-corrected chi connectivity index (χ4v) is 0.668. The number of aliphatic imine (C=N–C) groups is 1. The summed E-state index contributed by atoms with van der Waals surface area (Å²) in [5.74, 6) is 0.161. The summed E-state index contributed by atoms with van der Waals surface area (Å²) in [4.78, 5) is 7.02. The van der Waals surface area contributed by atoms with E-state index < -0.39 is 6.43 Å². The smallest absolute Gasteiger partial charge is 0.235 e. The van der Waals surface area contributed by atoms with E-state index in [4.69, 9.17) is 0 Å². The second-order valence-corrected chi connectivity index (χ2v) is 2.06. The number of hydrogen-bond donors (Lipinski definition) is 0. The minimum Gasteiger partial charge on any atom is -0.235 e. The van der Waals surface area contributed by atoms with Gasteiger partial charge in [0.15, 0.2) is 5.82 Å². The van der Waals surface area contributed by atoms with Crippen molar-refractivity contribution in [2.75, 3.05) is 0 Å². The van der Waals surface area contributed by atoms with Gasteiger partial charge >= 0.3 is 0 Å². The van der Waals surface area contributed by atoms with E-state index in [1.807, 2.05) is 0 Å². The lowest BCUT2D eigenvalue weighted by Crippen LogP contribution is -1.84. The Morgan fingerprint density at radius 3 is 2.83 bits per heavy atom. The molecule has 0 aliphatic rings. The van der Waals surface area contributed by atoms with E-state index >= 15 is 0 Å². The fourth-order valence-electron chi connectivity index (χ4n) is 0.582. The molecule has 12 heavy (non-hydrogen) atoms. The molecule has 1 heterocycles. The number of halogens is 2. The standard InChI is InChI=1S/C7H3F2N2S/c8-7(9)5-1-2-6(10-3-5)11-4-12/h1,3,7H. The van der Waals surface area contributed by atoms with Crippen LogP contribution in [0.15, 0.2) is 17.3 Å². The van der Waals surface area contributed by atoms with Crippen molar-refractivity contribution in [1.82, 2.24) is 4.98 Å². The first-order chi connectivity index (χ1) is 5.74. The van der Waals surface area contributed by atoms with Gasteiger partial charge in [-0.2, -0.15) is 4.99 Å². The molecular weight excluding hydrogens is 182 g/mol. The zero-order valence-corrected chi connectivity index (χ0v) is 6.61. The monoisotopic (exact) mass is 185 g/mol. The summed E-state index contributed by atoms with van der Waals surface area (Å²) in [6.07, 6.45) is -1.49. The third-order valence-corrected chi connectivity index (χ3v) is 1.20. The van der Waals surface area contributed by atoms with Crippen LogP contribution in [0.2, 0.25) is 0 Å². The zero-order valence-electron chi connectivity index (χ0n) is 5.79. The van der Waals surface area contributed by atoms with Gasteiger partial charge in [-0.05, 0) is 18.3 Å². The maximum atomic E-state index is 12.0. The minimum atomic E-state index is -2.53. The van der Waals surface area contributed by atoms with E-state index in [1.54, 1.807) is 0 Å². The second-order valence-electron chi connectivity index (χ2n) is 1.87. The molecule has 2 nitrogen and oxygen atoms in total. The van der Waals surface area contributed by atoms with Crippen LogP contribution < -0.4 is 0 Å². The highest BCUT2D eigenvalue weighted by Crippen LogP contribution is 2.18. The van der Waals surface area contributed by atoms with Crippen LogP contribution in [0.5, 0.6) is 0 Å². The highest BCUT2D eigenvalue weighted by atomic mass is 32.1. The summed E-state index contributed by atoms with van der Waals surface area (Å²) in [6, 6.07) is 3.56. The maximum Gasteiger partial charge on any atom is 0.265 e. The number of pyridine rings is 1. The first-order valence-corrected chi connectivity index (χ1v) is 3.38. The molecule has 1 rings (SSSR count). The lowest BCUT2D eigenvalue weighted by molar-refractivity contribution is 0.151. The Morgan fingerprint density at radius 2 is 2.42 bits per heavy atom. The molecule has 0 unspecified atom stereocenters. The number of nitrogens with zero attached hydrogens (tertiary/aromatic N) is 2. The predicted molar refractivity (Wildman–Crippen MR) is 42.7 cm³/mol. The van der Waals surface area contributed by atoms with Gasteiger partial charge in [-0.15, -0.1) is 0 Å². The highest BCUT2D eigenvalue weighted by Gasteiger charge is 2.06. The van der Waals surface area contributed by atoms with Gasteiger partial charge in [0.1, 0.15) is 0 Å². The largest absolute Gasteiger partial charge is 0.265 e. The van der Waals surface area contributed by atoms with Gasteiger partial charge in [0, 0.05) is 17.8 Å². The lowest BCUT2D eigenvalue weighted by Gasteiger charge is -1.96. The lowest BCUT2D eigenvalue weighted by atomic mass is 10.3. The molecule has 0 aliphatic heterocycles. The molecule has 5 heteroatoms. The van der Waals surface area contributed by atoms with Gasteiger partial charge in [0.05, 0.1) is 5.16 Å². The van der Waals surface area contributed by atoms with Crippen LogP contribution in [0.25, 0.3) is 0 Å². The molecule has 0 fully saturated rings. The van der Waals surface area contributed by atoms with Crippen molar-refractivity contribution in [2.45, 2.75) is 6.43 Å². The van der Waals surface area contributed by atoms with Crippen LogP contribution in [0.1, 0.15) is 12.0 Å². The summed E-state index contributed by atoms with van der Waals surface area (Å²) in [5.41, 5.74) is -0.182. The van der Waals surface area contributed by atoms with Gasteiger partial charge in [-0.1, -0.05) is 0 Å². The molecule has 1 aromatic heterocycles. The summed E-state index contributed by atoms with van der Waals surface area (Å²) in [5, 5.41) is 2.06. The summed E-state index contributed by atoms with van der Waals surface area (Å²) in [6.45, 7) is 0. The summed E-state index contributed by atoms with van der Waals surface area (Å²) >= 11 is 4.29. The number of hydrogen-bond acceptors (Lipinski definition) is 3. The zero-order chi connectivity index (χ0) is 8.97. The number of thiocarbonyl (C=S) groups is 1. The molecule has 0 amide bonds. The minimum absolute atomic E-state index is 0.161. The van der Waals surface area contributed by atoms with Crippen molar-refractivity contribution in [1.29, 1.82) is 0 Å². The van der Waals surface area contributed by atoms with Crippen molar-refractivity contribution in [3.05, 3.63) is 23.9 Å². The van der Waals surface area contributed by atoms with Crippen LogP contribution in [-0.4, -0.2) is 10.1 Å². The number of aromatic nitrogens is 1. The van der Waals surface area contributed by atoms with Gasteiger partial charge in [-0.3, -0.25) is 0 Å². The average Bonchev–Trinajstić information content (AvgIpc) is 2.06. The molecule has 0 aromatic carbocycles. The van der Waals surface area contributed by atoms with Crippen molar-refractivity contribution >= 4 is 23.2 Å². The molecule has 0 spiro atoms. The first-order valence-electron chi connectivity index (χ1n) is 2.97. The Kier molecular flexibility index (Phi) is 2.96. The Balaban J connectivity index is 2.92. The van der Waals surface area contributed by atoms with E-state index in [9.17, 15) is 8.78 Å². The highest BCUT2D eigenvalue weighted by molar-refractivity contribution is 7.78. The van der Waals surface area contributed by atoms with Gasteiger partial charge in [0.2, 0.25) is 0 Å². The quantitative estimate of drug-likeness (QED) is 0.522. The van der Waals surface area contributed by atoms with Gasteiger partial charge in [0.25, 0.3) is 6.43 Å². The van der Waals surface area contributed by atoms with Crippen molar-refractivity contribution in [3.8, 4) is 0 Å². The molecule has 1 aromatic rings. The molecule has 0 N–H and O–H groups in total. The normalized spacial score (nSPS) is 9.58. The summed E-state index contributed by atoms with van der Waals surface area (Å²) in [7, 11) is 0. The Morgan fingerprint density at radius 1 is 1.67 bits per heavy atom. The Hall–Kier alpha value is -1.19. The number of isothiocyanates is 1. The molecule has 61 valence electrons. The number of rotatable bonds is 2. The number of alkyl halides is 2. The SMILES string of the molecule is FC(F)c1c[c]c(N=C=S)nc1. The molecule has 0 aliphatic carbocycles. The molecule has 0 saturated carbocycles. The third kappa shape index (κ3) is 2.15. The molecule has 0 bridgehead atoms. The van der Waals surface area contributed by atoms with E-state index in [0.29, 0.717) is 0 Å². The first kappa shape index (κ1) is 8.90. The van der Waals surface area contributed by atoms with E-state index in [1.165, 1.54) is 0 Å². The van der Waals surface area contributed by atoms with Crippen molar-refractivity contribution < 1.29 is 8.78 Å².